The van der Waals surface area contributed by atoms with Gasteiger partial charge in [0.15, 0.2) is 5.82 Å². The number of piperidine rings is 1. The Balaban J connectivity index is 1.34. The molecule has 0 aliphatic carbocycles. The molecule has 0 saturated carbocycles. The van der Waals surface area contributed by atoms with Crippen LogP contribution in [0.2, 0.25) is 0 Å². The Labute approximate surface area is 136 Å². The van der Waals surface area contributed by atoms with Crippen molar-refractivity contribution in [2.75, 3.05) is 13.1 Å². The van der Waals surface area contributed by atoms with E-state index in [1.165, 1.54) is 6.42 Å². The van der Waals surface area contributed by atoms with Crippen molar-refractivity contribution in [2.24, 2.45) is 0 Å². The van der Waals surface area contributed by atoms with E-state index in [1.807, 2.05) is 12.3 Å². The first-order valence-corrected chi connectivity index (χ1v) is 8.39. The average Bonchev–Trinajstić information content (AvgIpc) is 3.03. The molecule has 5 rings (SSSR count). The standard InChI is InChI=1S/C17H23N5O/c1-12(2)17-19-16(23-20-17)11-22-14-7-15(22)10-21(9-14)8-13-5-3-4-6-18-13/h3-6,12,14-15H,7-11H2,1-2H3. The van der Waals surface area contributed by atoms with Crippen LogP contribution in [0, 0.1) is 0 Å². The summed E-state index contributed by atoms with van der Waals surface area (Å²) in [7, 11) is 0. The summed E-state index contributed by atoms with van der Waals surface area (Å²) in [6.45, 7) is 8.09. The summed E-state index contributed by atoms with van der Waals surface area (Å²) in [5.74, 6) is 1.88. The highest BCUT2D eigenvalue weighted by Crippen LogP contribution is 2.34. The van der Waals surface area contributed by atoms with E-state index in [0.717, 1.165) is 43.6 Å². The first-order valence-electron chi connectivity index (χ1n) is 8.39. The van der Waals surface area contributed by atoms with Crippen LogP contribution in [0.3, 0.4) is 0 Å². The lowest BCUT2D eigenvalue weighted by molar-refractivity contribution is -0.0821. The highest BCUT2D eigenvalue weighted by Gasteiger charge is 2.44. The highest BCUT2D eigenvalue weighted by atomic mass is 16.5. The topological polar surface area (TPSA) is 58.3 Å². The highest BCUT2D eigenvalue weighted by molar-refractivity contribution is 5.07. The molecule has 2 unspecified atom stereocenters. The normalized spacial score (nSPS) is 24.8. The van der Waals surface area contributed by atoms with Crippen LogP contribution in [0.5, 0.6) is 0 Å². The SMILES string of the molecule is CC(C)c1noc(CN2C3CC2CN(Cc2ccccn2)C3)n1. The Morgan fingerprint density at radius 1 is 1.22 bits per heavy atom. The molecule has 2 aromatic heterocycles. The molecule has 122 valence electrons. The van der Waals surface area contributed by atoms with E-state index in [0.29, 0.717) is 18.0 Å². The zero-order chi connectivity index (χ0) is 15.8. The van der Waals surface area contributed by atoms with E-state index < -0.39 is 0 Å². The van der Waals surface area contributed by atoms with Crippen molar-refractivity contribution in [3.05, 3.63) is 41.8 Å². The van der Waals surface area contributed by atoms with Gasteiger partial charge in [-0.25, -0.2) is 0 Å². The van der Waals surface area contributed by atoms with Crippen LogP contribution in [0.1, 0.15) is 43.6 Å². The van der Waals surface area contributed by atoms with Gasteiger partial charge in [0, 0.05) is 43.8 Å². The Bertz CT molecular complexity index is 644. The molecule has 0 amide bonds. The smallest absolute Gasteiger partial charge is 0.240 e. The number of rotatable bonds is 5. The first kappa shape index (κ1) is 14.8. The summed E-state index contributed by atoms with van der Waals surface area (Å²) < 4.78 is 5.39. The van der Waals surface area contributed by atoms with Gasteiger partial charge in [-0.1, -0.05) is 25.1 Å². The quantitative estimate of drug-likeness (QED) is 0.842. The van der Waals surface area contributed by atoms with Crippen LogP contribution in [-0.4, -0.2) is 50.1 Å². The van der Waals surface area contributed by atoms with E-state index in [2.05, 4.69) is 50.9 Å². The van der Waals surface area contributed by atoms with Crippen molar-refractivity contribution in [2.45, 2.75) is 51.4 Å². The van der Waals surface area contributed by atoms with Gasteiger partial charge in [0.2, 0.25) is 5.89 Å². The fourth-order valence-electron chi connectivity index (χ4n) is 3.61. The summed E-state index contributed by atoms with van der Waals surface area (Å²) in [6, 6.07) is 7.33. The van der Waals surface area contributed by atoms with Crippen LogP contribution < -0.4 is 0 Å². The van der Waals surface area contributed by atoms with Crippen molar-refractivity contribution in [3.8, 4) is 0 Å². The minimum atomic E-state index is 0.317. The molecule has 3 aliphatic rings. The summed E-state index contributed by atoms with van der Waals surface area (Å²) in [4.78, 5) is 13.9. The van der Waals surface area contributed by atoms with Crippen molar-refractivity contribution >= 4 is 0 Å². The van der Waals surface area contributed by atoms with Gasteiger partial charge in [0.1, 0.15) is 0 Å². The number of hydrogen-bond acceptors (Lipinski definition) is 6. The van der Waals surface area contributed by atoms with Crippen LogP contribution in [-0.2, 0) is 13.1 Å². The Morgan fingerprint density at radius 2 is 2.04 bits per heavy atom. The molecule has 2 atom stereocenters. The molecule has 0 N–H and O–H groups in total. The number of pyridine rings is 1. The molecule has 3 fully saturated rings. The fraction of sp³-hybridized carbons (Fsp3) is 0.588. The molecule has 3 aliphatic heterocycles. The second-order valence-electron chi connectivity index (χ2n) is 6.93. The molecule has 23 heavy (non-hydrogen) atoms. The minimum Gasteiger partial charge on any atom is -0.338 e. The summed E-state index contributed by atoms with van der Waals surface area (Å²) >= 11 is 0. The van der Waals surface area contributed by atoms with Gasteiger partial charge in [-0.2, -0.15) is 4.98 Å². The average molecular weight is 313 g/mol. The van der Waals surface area contributed by atoms with E-state index in [4.69, 9.17) is 4.52 Å². The third-order valence-corrected chi connectivity index (χ3v) is 4.85. The Hall–Kier alpha value is -1.79. The van der Waals surface area contributed by atoms with E-state index >= 15 is 0 Å². The first-order chi connectivity index (χ1) is 11.2. The second kappa shape index (κ2) is 6.02. The Kier molecular flexibility index (Phi) is 3.87. The predicted octanol–water partition coefficient (Wildman–Crippen LogP) is 2.05. The van der Waals surface area contributed by atoms with Crippen LogP contribution in [0.25, 0.3) is 0 Å². The van der Waals surface area contributed by atoms with Gasteiger partial charge in [0.05, 0.1) is 12.2 Å². The number of piperazine rings is 1. The minimum absolute atomic E-state index is 0.317. The van der Waals surface area contributed by atoms with E-state index in [9.17, 15) is 0 Å². The van der Waals surface area contributed by atoms with Crippen LogP contribution in [0.4, 0.5) is 0 Å². The number of nitrogens with zero attached hydrogens (tertiary/aromatic N) is 5. The molecular weight excluding hydrogens is 290 g/mol. The fourth-order valence-corrected chi connectivity index (χ4v) is 3.61. The largest absolute Gasteiger partial charge is 0.338 e. The summed E-state index contributed by atoms with van der Waals surface area (Å²) in [5.41, 5.74) is 1.15. The zero-order valence-corrected chi connectivity index (χ0v) is 13.7. The number of hydrogen-bond donors (Lipinski definition) is 0. The van der Waals surface area contributed by atoms with Crippen LogP contribution in [0.15, 0.2) is 28.9 Å². The van der Waals surface area contributed by atoms with Crippen molar-refractivity contribution in [1.82, 2.24) is 24.9 Å². The lowest BCUT2D eigenvalue weighted by atomic mass is 9.87. The molecule has 2 bridgehead atoms. The van der Waals surface area contributed by atoms with E-state index in [1.54, 1.807) is 0 Å². The third kappa shape index (κ3) is 3.01. The lowest BCUT2D eigenvalue weighted by Gasteiger charge is -2.56. The van der Waals surface area contributed by atoms with Gasteiger partial charge in [0.25, 0.3) is 0 Å². The maximum Gasteiger partial charge on any atom is 0.240 e. The van der Waals surface area contributed by atoms with Gasteiger partial charge < -0.3 is 4.52 Å². The Morgan fingerprint density at radius 3 is 2.70 bits per heavy atom. The summed E-state index contributed by atoms with van der Waals surface area (Å²) in [6.07, 6.45) is 3.15. The van der Waals surface area contributed by atoms with Crippen molar-refractivity contribution in [1.29, 1.82) is 0 Å². The molecule has 6 nitrogen and oxygen atoms in total. The maximum atomic E-state index is 5.39. The van der Waals surface area contributed by atoms with Gasteiger partial charge in [-0.05, 0) is 18.6 Å². The van der Waals surface area contributed by atoms with Gasteiger partial charge in [-0.3, -0.25) is 14.8 Å². The number of fused-ring (bicyclic) bond motifs is 2. The molecule has 6 heteroatoms. The molecule has 0 aromatic carbocycles. The molecule has 3 saturated heterocycles. The molecular formula is C17H23N5O. The van der Waals surface area contributed by atoms with Crippen LogP contribution >= 0.6 is 0 Å². The zero-order valence-electron chi connectivity index (χ0n) is 13.7. The van der Waals surface area contributed by atoms with Crippen molar-refractivity contribution in [3.63, 3.8) is 0 Å². The monoisotopic (exact) mass is 313 g/mol. The van der Waals surface area contributed by atoms with E-state index in [-0.39, 0.29) is 0 Å². The third-order valence-electron chi connectivity index (χ3n) is 4.85. The second-order valence-corrected chi connectivity index (χ2v) is 6.93. The molecule has 0 spiro atoms. The number of aromatic nitrogens is 3. The van der Waals surface area contributed by atoms with Gasteiger partial charge >= 0.3 is 0 Å². The van der Waals surface area contributed by atoms with Crippen molar-refractivity contribution < 1.29 is 4.52 Å². The maximum absolute atomic E-state index is 5.39. The molecule has 0 radical (unpaired) electrons. The lowest BCUT2D eigenvalue weighted by Crippen LogP contribution is -2.67. The van der Waals surface area contributed by atoms with Gasteiger partial charge in [-0.15, -0.1) is 0 Å². The molecule has 2 aromatic rings. The summed E-state index contributed by atoms with van der Waals surface area (Å²) in [5, 5.41) is 4.06. The molecule has 5 heterocycles. The predicted molar refractivity (Wildman–Crippen MR) is 85.6 cm³/mol.